The fourth-order valence-corrected chi connectivity index (χ4v) is 1.50. The van der Waals surface area contributed by atoms with Gasteiger partial charge in [-0.1, -0.05) is 0 Å². The molecule has 1 aliphatic heterocycles. The van der Waals surface area contributed by atoms with Crippen LogP contribution in [-0.4, -0.2) is 30.7 Å². The predicted molar refractivity (Wildman–Crippen MR) is 54.9 cm³/mol. The van der Waals surface area contributed by atoms with Crippen molar-refractivity contribution in [3.63, 3.8) is 0 Å². The van der Waals surface area contributed by atoms with Crippen molar-refractivity contribution in [3.8, 4) is 0 Å². The lowest BCUT2D eigenvalue weighted by Crippen LogP contribution is -2.51. The van der Waals surface area contributed by atoms with Gasteiger partial charge in [0.05, 0.1) is 11.6 Å². The highest BCUT2D eigenvalue weighted by Gasteiger charge is 2.24. The predicted octanol–water partition coefficient (Wildman–Crippen LogP) is 0.409. The van der Waals surface area contributed by atoms with Crippen LogP contribution >= 0.6 is 0 Å². The first-order valence-corrected chi connectivity index (χ1v) is 5.19. The topological polar surface area (TPSA) is 64.3 Å². The minimum Gasteiger partial charge on any atom is -0.378 e. The van der Waals surface area contributed by atoms with Crippen LogP contribution in [0.2, 0.25) is 0 Å². The minimum atomic E-state index is -0.612. The third-order valence-corrected chi connectivity index (χ3v) is 2.67. The van der Waals surface area contributed by atoms with Crippen molar-refractivity contribution in [2.24, 2.45) is 5.73 Å². The van der Waals surface area contributed by atoms with Gasteiger partial charge >= 0.3 is 0 Å². The lowest BCUT2D eigenvalue weighted by molar-refractivity contribution is -0.123. The van der Waals surface area contributed by atoms with E-state index in [1.54, 1.807) is 13.8 Å². The van der Waals surface area contributed by atoms with Crippen LogP contribution in [-0.2, 0) is 9.53 Å². The van der Waals surface area contributed by atoms with Crippen molar-refractivity contribution in [1.29, 1.82) is 0 Å². The van der Waals surface area contributed by atoms with Crippen molar-refractivity contribution in [3.05, 3.63) is 0 Å². The number of primary amides is 1. The Morgan fingerprint density at radius 2 is 2.36 bits per heavy atom. The Bertz CT molecular complexity index is 198. The van der Waals surface area contributed by atoms with Crippen molar-refractivity contribution < 1.29 is 9.53 Å². The molecule has 0 radical (unpaired) electrons. The highest BCUT2D eigenvalue weighted by molar-refractivity contribution is 5.83. The zero-order valence-corrected chi connectivity index (χ0v) is 9.01. The van der Waals surface area contributed by atoms with E-state index in [1.165, 1.54) is 0 Å². The number of ether oxygens (including phenoxy) is 1. The molecule has 0 aromatic heterocycles. The molecule has 1 unspecified atom stereocenters. The number of carbonyl (C=O) groups excluding carboxylic acids is 1. The van der Waals surface area contributed by atoms with E-state index >= 15 is 0 Å². The second kappa shape index (κ2) is 4.75. The third kappa shape index (κ3) is 3.27. The Labute approximate surface area is 85.2 Å². The van der Waals surface area contributed by atoms with Gasteiger partial charge in [0.15, 0.2) is 0 Å². The normalized spacial score (nSPS) is 22.6. The highest BCUT2D eigenvalue weighted by atomic mass is 16.5. The molecule has 1 rings (SSSR count). The van der Waals surface area contributed by atoms with E-state index in [-0.39, 0.29) is 5.91 Å². The summed E-state index contributed by atoms with van der Waals surface area (Å²) in [5.41, 5.74) is 4.62. The molecule has 82 valence electrons. The van der Waals surface area contributed by atoms with Crippen LogP contribution in [0.5, 0.6) is 0 Å². The number of hydrogen-bond donors (Lipinski definition) is 2. The SMILES string of the molecule is CC(C)(NCCC1CCCO1)C(N)=O. The van der Waals surface area contributed by atoms with E-state index in [2.05, 4.69) is 5.32 Å². The maximum absolute atomic E-state index is 11.0. The van der Waals surface area contributed by atoms with Gasteiger partial charge in [0.1, 0.15) is 0 Å². The first-order chi connectivity index (χ1) is 6.52. The van der Waals surface area contributed by atoms with Crippen LogP contribution in [0.1, 0.15) is 33.1 Å². The summed E-state index contributed by atoms with van der Waals surface area (Å²) in [6, 6.07) is 0. The maximum atomic E-state index is 11.0. The van der Waals surface area contributed by atoms with E-state index in [0.717, 1.165) is 32.4 Å². The molecule has 14 heavy (non-hydrogen) atoms. The van der Waals surface area contributed by atoms with E-state index in [0.29, 0.717) is 6.10 Å². The molecule has 0 saturated carbocycles. The van der Waals surface area contributed by atoms with Crippen LogP contribution in [0.15, 0.2) is 0 Å². The number of carbonyl (C=O) groups is 1. The first-order valence-electron chi connectivity index (χ1n) is 5.19. The van der Waals surface area contributed by atoms with Crippen LogP contribution in [0, 0.1) is 0 Å². The monoisotopic (exact) mass is 200 g/mol. The molecule has 0 bridgehead atoms. The maximum Gasteiger partial charge on any atom is 0.237 e. The van der Waals surface area contributed by atoms with E-state index in [1.807, 2.05) is 0 Å². The fraction of sp³-hybridized carbons (Fsp3) is 0.900. The Balaban J connectivity index is 2.16. The molecule has 1 heterocycles. The Morgan fingerprint density at radius 1 is 1.64 bits per heavy atom. The van der Waals surface area contributed by atoms with Gasteiger partial charge in [0.2, 0.25) is 5.91 Å². The first kappa shape index (κ1) is 11.5. The molecule has 0 spiro atoms. The van der Waals surface area contributed by atoms with Crippen molar-refractivity contribution in [1.82, 2.24) is 5.32 Å². The second-order valence-corrected chi connectivity index (χ2v) is 4.34. The number of nitrogens with two attached hydrogens (primary N) is 1. The molecular formula is C10H20N2O2. The van der Waals surface area contributed by atoms with Gasteiger partial charge in [-0.3, -0.25) is 4.79 Å². The summed E-state index contributed by atoms with van der Waals surface area (Å²) in [7, 11) is 0. The number of nitrogens with one attached hydrogen (secondary N) is 1. The quantitative estimate of drug-likeness (QED) is 0.675. The summed E-state index contributed by atoms with van der Waals surface area (Å²) in [6.45, 7) is 5.25. The van der Waals surface area contributed by atoms with Gasteiger partial charge in [-0.25, -0.2) is 0 Å². The van der Waals surface area contributed by atoms with Crippen LogP contribution in [0.4, 0.5) is 0 Å². The molecule has 1 amide bonds. The summed E-state index contributed by atoms with van der Waals surface area (Å²) in [4.78, 5) is 11.0. The van der Waals surface area contributed by atoms with Crippen LogP contribution in [0.3, 0.4) is 0 Å². The largest absolute Gasteiger partial charge is 0.378 e. The lowest BCUT2D eigenvalue weighted by atomic mass is 10.0. The highest BCUT2D eigenvalue weighted by Crippen LogP contribution is 2.14. The van der Waals surface area contributed by atoms with E-state index in [9.17, 15) is 4.79 Å². The zero-order chi connectivity index (χ0) is 10.6. The summed E-state index contributed by atoms with van der Waals surface area (Å²) in [5, 5.41) is 3.13. The van der Waals surface area contributed by atoms with E-state index in [4.69, 9.17) is 10.5 Å². The molecule has 0 aromatic carbocycles. The average Bonchev–Trinajstić information content (AvgIpc) is 2.56. The molecule has 4 heteroatoms. The Hall–Kier alpha value is -0.610. The lowest BCUT2D eigenvalue weighted by Gasteiger charge is -2.23. The van der Waals surface area contributed by atoms with Gasteiger partial charge in [0, 0.05) is 6.61 Å². The number of hydrogen-bond acceptors (Lipinski definition) is 3. The van der Waals surface area contributed by atoms with Gasteiger partial charge in [-0.05, 0) is 39.7 Å². The van der Waals surface area contributed by atoms with Crippen LogP contribution < -0.4 is 11.1 Å². The molecule has 3 N–H and O–H groups in total. The van der Waals surface area contributed by atoms with Gasteiger partial charge in [-0.15, -0.1) is 0 Å². The molecular weight excluding hydrogens is 180 g/mol. The molecule has 1 fully saturated rings. The van der Waals surface area contributed by atoms with Crippen molar-refractivity contribution in [2.75, 3.05) is 13.2 Å². The smallest absolute Gasteiger partial charge is 0.237 e. The number of amides is 1. The van der Waals surface area contributed by atoms with Gasteiger partial charge < -0.3 is 15.8 Å². The second-order valence-electron chi connectivity index (χ2n) is 4.34. The minimum absolute atomic E-state index is 0.315. The van der Waals surface area contributed by atoms with Crippen molar-refractivity contribution in [2.45, 2.75) is 44.8 Å². The number of rotatable bonds is 5. The average molecular weight is 200 g/mol. The third-order valence-electron chi connectivity index (χ3n) is 2.67. The molecule has 0 aromatic rings. The summed E-state index contributed by atoms with van der Waals surface area (Å²) < 4.78 is 5.47. The molecule has 1 aliphatic rings. The molecule has 1 saturated heterocycles. The fourth-order valence-electron chi connectivity index (χ4n) is 1.50. The summed E-state index contributed by atoms with van der Waals surface area (Å²) in [5.74, 6) is -0.315. The molecule has 0 aliphatic carbocycles. The summed E-state index contributed by atoms with van der Waals surface area (Å²) in [6.07, 6.45) is 3.62. The zero-order valence-electron chi connectivity index (χ0n) is 9.01. The molecule has 1 atom stereocenters. The Morgan fingerprint density at radius 3 is 2.86 bits per heavy atom. The van der Waals surface area contributed by atoms with Crippen LogP contribution in [0.25, 0.3) is 0 Å². The Kier molecular flexibility index (Phi) is 3.89. The molecule has 4 nitrogen and oxygen atoms in total. The van der Waals surface area contributed by atoms with Crippen molar-refractivity contribution >= 4 is 5.91 Å². The van der Waals surface area contributed by atoms with Gasteiger partial charge in [0.25, 0.3) is 0 Å². The summed E-state index contributed by atoms with van der Waals surface area (Å²) >= 11 is 0. The van der Waals surface area contributed by atoms with Gasteiger partial charge in [-0.2, -0.15) is 0 Å². The van der Waals surface area contributed by atoms with E-state index < -0.39 is 5.54 Å². The standard InChI is InChI=1S/C10H20N2O2/c1-10(2,9(11)13)12-6-5-8-4-3-7-14-8/h8,12H,3-7H2,1-2H3,(H2,11,13).